The number of H-pyrrole nitrogens is 1. The molecule has 0 saturated heterocycles. The third-order valence-corrected chi connectivity index (χ3v) is 3.88. The molecule has 0 unspecified atom stereocenters. The summed E-state index contributed by atoms with van der Waals surface area (Å²) < 4.78 is 1.29. The Hall–Kier alpha value is -3.81. The van der Waals surface area contributed by atoms with Crippen molar-refractivity contribution in [3.63, 3.8) is 0 Å². The van der Waals surface area contributed by atoms with Crippen LogP contribution in [0.15, 0.2) is 66.0 Å². The fraction of sp³-hybridized carbons (Fsp3) is 0.0556. The first-order valence-electron chi connectivity index (χ1n) is 7.90. The molecule has 8 nitrogen and oxygen atoms in total. The molecule has 2 aromatic heterocycles. The van der Waals surface area contributed by atoms with Crippen molar-refractivity contribution in [3.05, 3.63) is 71.5 Å². The van der Waals surface area contributed by atoms with Gasteiger partial charge >= 0.3 is 0 Å². The quantitative estimate of drug-likeness (QED) is 0.586. The molecule has 26 heavy (non-hydrogen) atoms. The topological polar surface area (TPSA) is 106 Å². The van der Waals surface area contributed by atoms with E-state index in [0.29, 0.717) is 22.4 Å². The Morgan fingerprint density at radius 1 is 1.12 bits per heavy atom. The van der Waals surface area contributed by atoms with Gasteiger partial charge in [-0.3, -0.25) is 19.3 Å². The minimum Gasteiger partial charge on any atom is -0.325 e. The lowest BCUT2D eigenvalue weighted by atomic mass is 10.2. The van der Waals surface area contributed by atoms with E-state index in [1.54, 1.807) is 36.4 Å². The van der Waals surface area contributed by atoms with Gasteiger partial charge in [-0.05, 0) is 24.3 Å². The summed E-state index contributed by atoms with van der Waals surface area (Å²) >= 11 is 0. The van der Waals surface area contributed by atoms with E-state index < -0.39 is 0 Å². The van der Waals surface area contributed by atoms with Crippen LogP contribution in [0.3, 0.4) is 0 Å². The molecule has 4 aromatic rings. The van der Waals surface area contributed by atoms with E-state index in [0.717, 1.165) is 5.56 Å². The van der Waals surface area contributed by atoms with Gasteiger partial charge in [0.15, 0.2) is 5.82 Å². The van der Waals surface area contributed by atoms with E-state index in [2.05, 4.69) is 25.5 Å². The van der Waals surface area contributed by atoms with Gasteiger partial charge in [0.2, 0.25) is 5.91 Å². The number of hydrogen-bond donors (Lipinski definition) is 2. The first kappa shape index (κ1) is 15.7. The summed E-state index contributed by atoms with van der Waals surface area (Å²) in [5.41, 5.74) is 1.76. The van der Waals surface area contributed by atoms with E-state index in [1.807, 2.05) is 12.1 Å². The Balaban J connectivity index is 1.54. The van der Waals surface area contributed by atoms with Crippen LogP contribution in [0.25, 0.3) is 22.3 Å². The van der Waals surface area contributed by atoms with Gasteiger partial charge in [0, 0.05) is 11.3 Å². The molecule has 0 radical (unpaired) electrons. The van der Waals surface area contributed by atoms with Gasteiger partial charge in [-0.2, -0.15) is 5.10 Å². The van der Waals surface area contributed by atoms with Crippen molar-refractivity contribution >= 4 is 22.5 Å². The zero-order chi connectivity index (χ0) is 17.9. The molecule has 1 amide bonds. The second-order valence-electron chi connectivity index (χ2n) is 5.66. The highest BCUT2D eigenvalue weighted by atomic mass is 16.2. The number of amides is 1. The highest BCUT2D eigenvalue weighted by Crippen LogP contribution is 2.18. The highest BCUT2D eigenvalue weighted by Gasteiger charge is 2.09. The minimum absolute atomic E-state index is 0.122. The van der Waals surface area contributed by atoms with E-state index >= 15 is 0 Å². The Bertz CT molecular complexity index is 1130. The molecule has 0 aliphatic carbocycles. The van der Waals surface area contributed by atoms with E-state index in [4.69, 9.17) is 0 Å². The van der Waals surface area contributed by atoms with Gasteiger partial charge < -0.3 is 5.32 Å². The van der Waals surface area contributed by atoms with Crippen molar-refractivity contribution in [2.45, 2.75) is 6.54 Å². The number of anilines is 1. The van der Waals surface area contributed by atoms with Crippen molar-refractivity contribution in [2.75, 3.05) is 5.32 Å². The number of aromatic nitrogens is 5. The molecule has 0 spiro atoms. The van der Waals surface area contributed by atoms with Gasteiger partial charge in [0.05, 0.1) is 17.2 Å². The van der Waals surface area contributed by atoms with E-state index in [9.17, 15) is 9.59 Å². The summed E-state index contributed by atoms with van der Waals surface area (Å²) in [7, 11) is 0. The van der Waals surface area contributed by atoms with E-state index in [-0.39, 0.29) is 18.0 Å². The molecule has 2 N–H and O–H groups in total. The predicted octanol–water partition coefficient (Wildman–Crippen LogP) is 1.82. The molecule has 8 heteroatoms. The van der Waals surface area contributed by atoms with Gasteiger partial charge in [-0.15, -0.1) is 0 Å². The van der Waals surface area contributed by atoms with Crippen LogP contribution in [0, 0.1) is 0 Å². The molecule has 0 aliphatic heterocycles. The lowest BCUT2D eigenvalue weighted by Gasteiger charge is -2.09. The van der Waals surface area contributed by atoms with Gasteiger partial charge in [-0.1, -0.05) is 24.3 Å². The molecule has 0 atom stereocenters. The van der Waals surface area contributed by atoms with Crippen molar-refractivity contribution < 1.29 is 4.79 Å². The summed E-state index contributed by atoms with van der Waals surface area (Å²) in [6.07, 6.45) is 2.80. The zero-order valence-corrected chi connectivity index (χ0v) is 13.6. The van der Waals surface area contributed by atoms with E-state index in [1.165, 1.54) is 17.2 Å². The number of rotatable bonds is 4. The molecular formula is C18H14N6O2. The number of nitrogens with zero attached hydrogens (tertiary/aromatic N) is 4. The number of carbonyl (C=O) groups excluding carboxylic acids is 1. The molecule has 128 valence electrons. The van der Waals surface area contributed by atoms with Gasteiger partial charge in [0.25, 0.3) is 5.56 Å². The Kier molecular flexibility index (Phi) is 3.98. The maximum absolute atomic E-state index is 12.4. The van der Waals surface area contributed by atoms with Crippen LogP contribution in [0.4, 0.5) is 5.69 Å². The lowest BCUT2D eigenvalue weighted by Crippen LogP contribution is -2.27. The number of aromatic amines is 1. The van der Waals surface area contributed by atoms with Gasteiger partial charge in [0.1, 0.15) is 12.9 Å². The minimum atomic E-state index is -0.320. The predicted molar refractivity (Wildman–Crippen MR) is 96.5 cm³/mol. The van der Waals surface area contributed by atoms with Crippen molar-refractivity contribution in [1.29, 1.82) is 0 Å². The van der Waals surface area contributed by atoms with Crippen molar-refractivity contribution in [1.82, 2.24) is 24.7 Å². The Labute approximate surface area is 147 Å². The summed E-state index contributed by atoms with van der Waals surface area (Å²) in [6.45, 7) is -0.122. The maximum atomic E-state index is 12.4. The first-order valence-corrected chi connectivity index (χ1v) is 7.90. The van der Waals surface area contributed by atoms with Crippen molar-refractivity contribution in [2.24, 2.45) is 0 Å². The second-order valence-corrected chi connectivity index (χ2v) is 5.66. The van der Waals surface area contributed by atoms with Crippen LogP contribution in [0.5, 0.6) is 0 Å². The van der Waals surface area contributed by atoms with Crippen molar-refractivity contribution in [3.8, 4) is 11.4 Å². The number of fused-ring (bicyclic) bond motifs is 1. The molecular weight excluding hydrogens is 332 g/mol. The van der Waals surface area contributed by atoms with Crippen LogP contribution in [0.1, 0.15) is 0 Å². The zero-order valence-electron chi connectivity index (χ0n) is 13.6. The molecule has 0 saturated carbocycles. The lowest BCUT2D eigenvalue weighted by molar-refractivity contribution is -0.116. The number of carbonyl (C=O) groups is 1. The Morgan fingerprint density at radius 2 is 2.00 bits per heavy atom. The standard InChI is InChI=1S/C18H14N6O2/c25-16(9-24-11-20-15-7-2-1-6-14(15)18(24)26)22-13-5-3-4-12(8-13)17-19-10-21-23-17/h1-8,10-11H,9H2,(H,22,25)(H,19,21,23). The number of hydrogen-bond acceptors (Lipinski definition) is 5. The smallest absolute Gasteiger partial charge is 0.261 e. The summed E-state index contributed by atoms with van der Waals surface area (Å²) in [5, 5.41) is 9.84. The van der Waals surface area contributed by atoms with Crippen LogP contribution in [-0.4, -0.2) is 30.6 Å². The molecule has 0 aliphatic rings. The van der Waals surface area contributed by atoms with Crippen LogP contribution in [-0.2, 0) is 11.3 Å². The number of para-hydroxylation sites is 1. The normalized spacial score (nSPS) is 10.8. The summed E-state index contributed by atoms with van der Waals surface area (Å²) in [4.78, 5) is 33.1. The number of nitrogens with one attached hydrogen (secondary N) is 2. The second kappa shape index (κ2) is 6.60. The molecule has 4 rings (SSSR count). The molecule has 0 bridgehead atoms. The fourth-order valence-electron chi connectivity index (χ4n) is 2.66. The summed E-state index contributed by atoms with van der Waals surface area (Å²) in [5.74, 6) is 0.287. The first-order chi connectivity index (χ1) is 12.7. The van der Waals surface area contributed by atoms with Crippen LogP contribution in [0.2, 0.25) is 0 Å². The SMILES string of the molecule is O=C(Cn1cnc2ccccc2c1=O)Nc1cccc(-c2ncn[nH]2)c1. The largest absolute Gasteiger partial charge is 0.325 e. The number of benzene rings is 2. The van der Waals surface area contributed by atoms with Crippen LogP contribution >= 0.6 is 0 Å². The summed E-state index contributed by atoms with van der Waals surface area (Å²) in [6, 6.07) is 14.2. The van der Waals surface area contributed by atoms with Gasteiger partial charge in [-0.25, -0.2) is 9.97 Å². The van der Waals surface area contributed by atoms with Crippen LogP contribution < -0.4 is 10.9 Å². The monoisotopic (exact) mass is 346 g/mol. The molecule has 2 heterocycles. The maximum Gasteiger partial charge on any atom is 0.261 e. The average Bonchev–Trinajstić information content (AvgIpc) is 3.19. The Morgan fingerprint density at radius 3 is 2.85 bits per heavy atom. The fourth-order valence-corrected chi connectivity index (χ4v) is 2.66. The third kappa shape index (κ3) is 3.07. The third-order valence-electron chi connectivity index (χ3n) is 3.88. The average molecular weight is 346 g/mol. The molecule has 0 fully saturated rings. The highest BCUT2D eigenvalue weighted by molar-refractivity contribution is 5.91. The molecule has 2 aromatic carbocycles.